The molecule has 1 amide bonds. The predicted molar refractivity (Wildman–Crippen MR) is 117 cm³/mol. The number of imidazole rings is 1. The number of nitrogens with zero attached hydrogens (tertiary/aromatic N) is 2. The number of carbonyl (C=O) groups excluding carboxylic acids is 1. The molecular weight excluding hydrogens is 386 g/mol. The topological polar surface area (TPSA) is 46.9 Å². The van der Waals surface area contributed by atoms with Crippen LogP contribution in [0.1, 0.15) is 22.3 Å². The molecule has 2 aromatic carbocycles. The number of carbonyl (C=O) groups is 1. The van der Waals surface area contributed by atoms with Gasteiger partial charge in [0.1, 0.15) is 0 Å². The van der Waals surface area contributed by atoms with E-state index in [0.717, 1.165) is 40.2 Å². The molecule has 0 fully saturated rings. The van der Waals surface area contributed by atoms with Crippen LogP contribution in [-0.2, 0) is 12.3 Å². The van der Waals surface area contributed by atoms with E-state index in [1.807, 2.05) is 48.8 Å². The van der Waals surface area contributed by atoms with Crippen LogP contribution in [0, 0.1) is 0 Å². The van der Waals surface area contributed by atoms with Gasteiger partial charge in [-0.2, -0.15) is 11.3 Å². The van der Waals surface area contributed by atoms with Crippen molar-refractivity contribution < 1.29 is 4.79 Å². The van der Waals surface area contributed by atoms with Crippen LogP contribution in [-0.4, -0.2) is 22.0 Å². The number of thiophene rings is 1. The smallest absolute Gasteiger partial charge is 0.252 e. The van der Waals surface area contributed by atoms with E-state index in [-0.39, 0.29) is 5.91 Å². The first kappa shape index (κ1) is 18.8. The molecule has 0 bridgehead atoms. The SMILES string of the molecule is O=C(NCCCn1cnc2ccccc21)c1ccccc1SCc1ccsc1. The highest BCUT2D eigenvalue weighted by molar-refractivity contribution is 7.98. The molecule has 0 atom stereocenters. The van der Waals surface area contributed by atoms with Gasteiger partial charge in [0.15, 0.2) is 0 Å². The largest absolute Gasteiger partial charge is 0.352 e. The van der Waals surface area contributed by atoms with Crippen LogP contribution in [0.25, 0.3) is 11.0 Å². The fourth-order valence-corrected chi connectivity index (χ4v) is 4.82. The lowest BCUT2D eigenvalue weighted by Gasteiger charge is -2.10. The lowest BCUT2D eigenvalue weighted by Crippen LogP contribution is -2.25. The van der Waals surface area contributed by atoms with Crippen molar-refractivity contribution in [3.63, 3.8) is 0 Å². The second-order valence-electron chi connectivity index (χ2n) is 6.45. The van der Waals surface area contributed by atoms with Crippen LogP contribution in [0.4, 0.5) is 0 Å². The fourth-order valence-electron chi connectivity index (χ4n) is 3.05. The zero-order valence-corrected chi connectivity index (χ0v) is 17.0. The maximum Gasteiger partial charge on any atom is 0.252 e. The van der Waals surface area contributed by atoms with Crippen LogP contribution in [0.2, 0.25) is 0 Å². The van der Waals surface area contributed by atoms with Crippen molar-refractivity contribution in [3.05, 3.63) is 82.8 Å². The van der Waals surface area contributed by atoms with Gasteiger partial charge in [0, 0.05) is 23.7 Å². The molecule has 2 heterocycles. The van der Waals surface area contributed by atoms with Gasteiger partial charge in [0.2, 0.25) is 0 Å². The third-order valence-corrected chi connectivity index (χ3v) is 6.37. The number of rotatable bonds is 8. The molecule has 2 aromatic heterocycles. The fraction of sp³-hybridized carbons (Fsp3) is 0.182. The number of nitrogens with one attached hydrogen (secondary N) is 1. The standard InChI is InChI=1S/C22H21N3OS2/c26-22(18-6-1-4-9-21(18)28-15-17-10-13-27-14-17)23-11-5-12-25-16-24-19-7-2-3-8-20(19)25/h1-4,6-10,13-14,16H,5,11-12,15H2,(H,23,26). The van der Waals surface area contributed by atoms with Crippen LogP contribution >= 0.6 is 23.1 Å². The van der Waals surface area contributed by atoms with E-state index in [1.54, 1.807) is 23.1 Å². The number of hydrogen-bond donors (Lipinski definition) is 1. The lowest BCUT2D eigenvalue weighted by atomic mass is 10.2. The van der Waals surface area contributed by atoms with Crippen molar-refractivity contribution in [2.45, 2.75) is 23.6 Å². The van der Waals surface area contributed by atoms with Crippen molar-refractivity contribution >= 4 is 40.0 Å². The number of para-hydroxylation sites is 2. The second-order valence-corrected chi connectivity index (χ2v) is 8.25. The first-order chi connectivity index (χ1) is 13.8. The highest BCUT2D eigenvalue weighted by Gasteiger charge is 2.11. The summed E-state index contributed by atoms with van der Waals surface area (Å²) in [6.07, 6.45) is 2.72. The minimum atomic E-state index is -0.0103. The minimum absolute atomic E-state index is 0.0103. The van der Waals surface area contributed by atoms with E-state index in [9.17, 15) is 4.79 Å². The van der Waals surface area contributed by atoms with E-state index in [2.05, 4.69) is 37.8 Å². The molecule has 0 spiro atoms. The molecule has 4 aromatic rings. The predicted octanol–water partition coefficient (Wildman–Crippen LogP) is 5.21. The third-order valence-electron chi connectivity index (χ3n) is 4.49. The summed E-state index contributed by atoms with van der Waals surface area (Å²) < 4.78 is 2.13. The molecule has 1 N–H and O–H groups in total. The van der Waals surface area contributed by atoms with E-state index in [1.165, 1.54) is 5.56 Å². The molecule has 0 saturated carbocycles. The molecule has 0 aliphatic carbocycles. The van der Waals surface area contributed by atoms with Crippen molar-refractivity contribution in [2.24, 2.45) is 0 Å². The van der Waals surface area contributed by atoms with Crippen LogP contribution in [0.5, 0.6) is 0 Å². The zero-order valence-electron chi connectivity index (χ0n) is 15.4. The molecule has 0 radical (unpaired) electrons. The van der Waals surface area contributed by atoms with Gasteiger partial charge in [-0.3, -0.25) is 4.79 Å². The summed E-state index contributed by atoms with van der Waals surface area (Å²) in [6, 6.07) is 18.0. The number of fused-ring (bicyclic) bond motifs is 1. The summed E-state index contributed by atoms with van der Waals surface area (Å²) in [5, 5.41) is 7.29. The monoisotopic (exact) mass is 407 g/mol. The number of aromatic nitrogens is 2. The Labute approximate surface area is 172 Å². The normalized spacial score (nSPS) is 11.0. The van der Waals surface area contributed by atoms with Crippen molar-refractivity contribution in [1.29, 1.82) is 0 Å². The van der Waals surface area contributed by atoms with Gasteiger partial charge in [-0.05, 0) is 53.1 Å². The number of benzene rings is 2. The van der Waals surface area contributed by atoms with Gasteiger partial charge in [-0.15, -0.1) is 11.8 Å². The molecule has 142 valence electrons. The Kier molecular flexibility index (Phi) is 6.09. The summed E-state index contributed by atoms with van der Waals surface area (Å²) in [6.45, 7) is 1.46. The highest BCUT2D eigenvalue weighted by Crippen LogP contribution is 2.27. The molecule has 4 rings (SSSR count). The first-order valence-corrected chi connectivity index (χ1v) is 11.1. The third kappa shape index (κ3) is 4.46. The molecule has 0 aliphatic rings. The van der Waals surface area contributed by atoms with Gasteiger partial charge < -0.3 is 9.88 Å². The average Bonchev–Trinajstić information content (AvgIpc) is 3.40. The van der Waals surface area contributed by atoms with Gasteiger partial charge in [-0.1, -0.05) is 24.3 Å². The van der Waals surface area contributed by atoms with Crippen molar-refractivity contribution in [3.8, 4) is 0 Å². The quantitative estimate of drug-likeness (QED) is 0.322. The number of amides is 1. The molecule has 6 heteroatoms. The molecular formula is C22H21N3OS2. The number of aryl methyl sites for hydroxylation is 1. The first-order valence-electron chi connectivity index (χ1n) is 9.22. The Morgan fingerprint density at radius 1 is 1.11 bits per heavy atom. The van der Waals surface area contributed by atoms with E-state index < -0.39 is 0 Å². The van der Waals surface area contributed by atoms with E-state index in [4.69, 9.17) is 0 Å². The maximum absolute atomic E-state index is 12.7. The number of hydrogen-bond acceptors (Lipinski definition) is 4. The minimum Gasteiger partial charge on any atom is -0.352 e. The van der Waals surface area contributed by atoms with Gasteiger partial charge in [0.05, 0.1) is 22.9 Å². The molecule has 4 nitrogen and oxygen atoms in total. The molecule has 0 saturated heterocycles. The Balaban J connectivity index is 1.31. The molecule has 28 heavy (non-hydrogen) atoms. The van der Waals surface area contributed by atoms with E-state index >= 15 is 0 Å². The Morgan fingerprint density at radius 3 is 2.86 bits per heavy atom. The van der Waals surface area contributed by atoms with Gasteiger partial charge in [-0.25, -0.2) is 4.98 Å². The summed E-state index contributed by atoms with van der Waals surface area (Å²) in [7, 11) is 0. The molecule has 0 unspecified atom stereocenters. The summed E-state index contributed by atoms with van der Waals surface area (Å²) in [4.78, 5) is 18.1. The van der Waals surface area contributed by atoms with E-state index in [0.29, 0.717) is 6.54 Å². The average molecular weight is 408 g/mol. The Bertz CT molecular complexity index is 1060. The zero-order chi connectivity index (χ0) is 19.2. The number of thioether (sulfide) groups is 1. The Morgan fingerprint density at radius 2 is 1.96 bits per heavy atom. The molecule has 0 aliphatic heterocycles. The van der Waals surface area contributed by atoms with Crippen LogP contribution in [0.3, 0.4) is 0 Å². The van der Waals surface area contributed by atoms with Crippen LogP contribution < -0.4 is 5.32 Å². The lowest BCUT2D eigenvalue weighted by molar-refractivity contribution is 0.0950. The van der Waals surface area contributed by atoms with Gasteiger partial charge in [0.25, 0.3) is 5.91 Å². The van der Waals surface area contributed by atoms with Crippen molar-refractivity contribution in [1.82, 2.24) is 14.9 Å². The summed E-state index contributed by atoms with van der Waals surface area (Å²) in [5.74, 6) is 0.866. The summed E-state index contributed by atoms with van der Waals surface area (Å²) in [5.41, 5.74) is 4.17. The van der Waals surface area contributed by atoms with Gasteiger partial charge >= 0.3 is 0 Å². The second kappa shape index (κ2) is 9.08. The Hall–Kier alpha value is -2.57. The summed E-state index contributed by atoms with van der Waals surface area (Å²) >= 11 is 3.40. The maximum atomic E-state index is 12.7. The highest BCUT2D eigenvalue weighted by atomic mass is 32.2. The van der Waals surface area contributed by atoms with Crippen LogP contribution in [0.15, 0.2) is 76.6 Å². The van der Waals surface area contributed by atoms with Crippen molar-refractivity contribution in [2.75, 3.05) is 6.54 Å².